The van der Waals surface area contributed by atoms with Gasteiger partial charge in [0.25, 0.3) is 0 Å². The van der Waals surface area contributed by atoms with Crippen molar-refractivity contribution < 1.29 is 67.1 Å². The van der Waals surface area contributed by atoms with Gasteiger partial charge in [0.1, 0.15) is 61.0 Å². The van der Waals surface area contributed by atoms with Gasteiger partial charge in [-0.3, -0.25) is 0 Å². The molecule has 0 unspecified atom stereocenters. The molecule has 81 heavy (non-hydrogen) atoms. The molecule has 0 aromatic heterocycles. The van der Waals surface area contributed by atoms with Crippen LogP contribution in [0.2, 0.25) is 0 Å². The topological polar surface area (TPSA) is 151 Å². The Morgan fingerprint density at radius 2 is 0.630 bits per heavy atom. The van der Waals surface area contributed by atoms with Gasteiger partial charge < -0.3 is 67.1 Å². The Kier molecular flexibility index (Phi) is 21.4. The van der Waals surface area contributed by atoms with E-state index in [1.54, 1.807) is 0 Å². The number of aliphatic hydroxyl groups is 2. The minimum atomic E-state index is -1.55. The highest BCUT2D eigenvalue weighted by molar-refractivity contribution is 5.19. The average molecular weight is 1100 g/mol. The van der Waals surface area contributed by atoms with Gasteiger partial charge in [-0.25, -0.2) is 0 Å². The molecule has 15 atom stereocenters. The molecule has 426 valence electrons. The van der Waals surface area contributed by atoms with E-state index in [0.29, 0.717) is 6.61 Å². The molecule has 0 saturated carbocycles. The summed E-state index contributed by atoms with van der Waals surface area (Å²) in [7, 11) is 0. The van der Waals surface area contributed by atoms with E-state index < -0.39 is 92.1 Å². The van der Waals surface area contributed by atoms with Crippen LogP contribution in [0, 0.1) is 0 Å². The maximum Gasteiger partial charge on any atom is 0.187 e. The monoisotopic (exact) mass is 1100 g/mol. The van der Waals surface area contributed by atoms with Crippen molar-refractivity contribution in [3.8, 4) is 0 Å². The Balaban J connectivity index is 1.01. The van der Waals surface area contributed by atoms with Gasteiger partial charge in [0.05, 0.1) is 65.1 Å². The summed E-state index contributed by atoms with van der Waals surface area (Å²) in [6, 6.07) is 68.8. The third-order valence-electron chi connectivity index (χ3n) is 14.8. The second-order valence-electron chi connectivity index (χ2n) is 20.7. The van der Waals surface area contributed by atoms with Gasteiger partial charge in [0, 0.05) is 0 Å². The van der Waals surface area contributed by atoms with Crippen LogP contribution in [0.1, 0.15) is 52.8 Å². The normalized spacial score (nSPS) is 28.6. The van der Waals surface area contributed by atoms with Crippen LogP contribution >= 0.6 is 0 Å². The Morgan fingerprint density at radius 3 is 1.05 bits per heavy atom. The van der Waals surface area contributed by atoms with Crippen LogP contribution in [-0.2, 0) is 103 Å². The molecule has 0 aliphatic carbocycles. The molecule has 3 heterocycles. The molecule has 3 aliphatic rings. The van der Waals surface area contributed by atoms with E-state index in [-0.39, 0.29) is 46.2 Å². The predicted octanol–water partition coefficient (Wildman–Crippen LogP) is 10.1. The number of hydrogen-bond acceptors (Lipinski definition) is 14. The number of ether oxygens (including phenoxy) is 12. The Morgan fingerprint density at radius 1 is 0.309 bits per heavy atom. The molecule has 3 fully saturated rings. The predicted molar refractivity (Wildman–Crippen MR) is 302 cm³/mol. The first-order chi connectivity index (χ1) is 39.8. The lowest BCUT2D eigenvalue weighted by atomic mass is 9.95. The highest BCUT2D eigenvalue weighted by Gasteiger charge is 2.55. The van der Waals surface area contributed by atoms with Crippen molar-refractivity contribution in [2.45, 2.75) is 152 Å². The fourth-order valence-electron chi connectivity index (χ4n) is 10.5. The van der Waals surface area contributed by atoms with Crippen LogP contribution < -0.4 is 0 Å². The number of benzene rings is 7. The van der Waals surface area contributed by atoms with E-state index in [1.165, 1.54) is 0 Å². The van der Waals surface area contributed by atoms with Crippen LogP contribution in [-0.4, -0.2) is 109 Å². The fourth-order valence-corrected chi connectivity index (χ4v) is 10.5. The molecule has 7 aromatic carbocycles. The Bertz CT molecular complexity index is 2790. The summed E-state index contributed by atoms with van der Waals surface area (Å²) in [6.45, 7) is 5.15. The molecule has 14 heteroatoms. The molecular weight excluding hydrogens is 1030 g/mol. The zero-order valence-corrected chi connectivity index (χ0v) is 45.8. The maximum atomic E-state index is 13.1. The summed E-state index contributed by atoms with van der Waals surface area (Å²) in [5.41, 5.74) is 6.49. The zero-order valence-electron chi connectivity index (χ0n) is 45.8. The van der Waals surface area contributed by atoms with E-state index in [1.807, 2.05) is 226 Å². The molecule has 0 amide bonds. The van der Waals surface area contributed by atoms with Gasteiger partial charge in [-0.2, -0.15) is 0 Å². The van der Waals surface area contributed by atoms with Gasteiger partial charge in [-0.1, -0.05) is 212 Å². The van der Waals surface area contributed by atoms with E-state index in [0.717, 1.165) is 38.9 Å². The molecule has 3 aliphatic heterocycles. The smallest absolute Gasteiger partial charge is 0.187 e. The second kappa shape index (κ2) is 29.8. The third-order valence-corrected chi connectivity index (χ3v) is 14.8. The lowest BCUT2D eigenvalue weighted by Crippen LogP contribution is -2.67. The van der Waals surface area contributed by atoms with Crippen molar-refractivity contribution in [3.63, 3.8) is 0 Å². The van der Waals surface area contributed by atoms with E-state index >= 15 is 0 Å². The summed E-state index contributed by atoms with van der Waals surface area (Å²) >= 11 is 0. The molecule has 0 spiro atoms. The average Bonchev–Trinajstić information content (AvgIpc) is 3.60. The Labute approximate surface area is 475 Å². The van der Waals surface area contributed by atoms with Crippen LogP contribution in [0.15, 0.2) is 212 Å². The minimum Gasteiger partial charge on any atom is -0.385 e. The van der Waals surface area contributed by atoms with Crippen molar-refractivity contribution in [1.29, 1.82) is 0 Å². The van der Waals surface area contributed by atoms with Crippen molar-refractivity contribution >= 4 is 0 Å². The van der Waals surface area contributed by atoms with Gasteiger partial charge in [0.15, 0.2) is 18.9 Å². The number of rotatable bonds is 26. The van der Waals surface area contributed by atoms with Crippen molar-refractivity contribution in [1.82, 2.24) is 0 Å². The molecule has 3 saturated heterocycles. The van der Waals surface area contributed by atoms with Gasteiger partial charge in [-0.15, -0.1) is 0 Å². The fraction of sp³-hybridized carbons (Fsp3) is 0.373. The summed E-state index contributed by atoms with van der Waals surface area (Å²) < 4.78 is 81.9. The standard InChI is InChI=1S/C67H74O14/c1-46-58(72-40-50-28-14-5-15-29-50)62(63(65(69)77-46)75-43-53-34-20-8-21-35-53)81-66-56(68)60(57(47(2)78-66)71-39-49-26-12-4-13-27-49)80-67-64(76-44-54-36-22-9-23-37-54)61(74-42-52-32-18-7-19-33-52)59(73-41-51-30-16-6-17-31-51)55(79-67)45-70-38-48-24-10-3-11-25-48/h3-37,46-47,55-69H,38-45H2,1-2H3/t46-,47-,55+,56+,57-,58-,59+,60-,61-,62+,63+,64+,65+,66-,67+/m0/s1. The number of hydrogen-bond donors (Lipinski definition) is 2. The molecule has 2 N–H and O–H groups in total. The zero-order chi connectivity index (χ0) is 55.6. The van der Waals surface area contributed by atoms with Crippen LogP contribution in [0.5, 0.6) is 0 Å². The molecule has 10 rings (SSSR count). The summed E-state index contributed by atoms with van der Waals surface area (Å²) in [5.74, 6) is 0. The molecule has 14 nitrogen and oxygen atoms in total. The van der Waals surface area contributed by atoms with E-state index in [9.17, 15) is 10.2 Å². The van der Waals surface area contributed by atoms with Crippen molar-refractivity contribution in [2.75, 3.05) is 6.61 Å². The molecule has 7 aromatic rings. The Hall–Kier alpha value is -6.02. The largest absolute Gasteiger partial charge is 0.385 e. The quantitative estimate of drug-likeness (QED) is 0.0529. The first kappa shape index (κ1) is 58.2. The lowest BCUT2D eigenvalue weighted by molar-refractivity contribution is -0.387. The van der Waals surface area contributed by atoms with Crippen LogP contribution in [0.25, 0.3) is 0 Å². The van der Waals surface area contributed by atoms with Crippen molar-refractivity contribution in [2.24, 2.45) is 0 Å². The summed E-state index contributed by atoms with van der Waals surface area (Å²) in [6.07, 6.45) is -15.4. The maximum absolute atomic E-state index is 13.1. The lowest BCUT2D eigenvalue weighted by Gasteiger charge is -2.50. The van der Waals surface area contributed by atoms with Crippen LogP contribution in [0.3, 0.4) is 0 Å². The third kappa shape index (κ3) is 16.2. The second-order valence-corrected chi connectivity index (χ2v) is 20.7. The van der Waals surface area contributed by atoms with Crippen molar-refractivity contribution in [3.05, 3.63) is 251 Å². The van der Waals surface area contributed by atoms with E-state index in [2.05, 4.69) is 0 Å². The molecule has 0 radical (unpaired) electrons. The minimum absolute atomic E-state index is 0.0796. The molecule has 0 bridgehead atoms. The van der Waals surface area contributed by atoms with Gasteiger partial charge in [-0.05, 0) is 52.8 Å². The SMILES string of the molecule is C[C@@H]1O[C@@H](O)[C@H](OCc2ccccc2)[C@H](O[C@@H]2O[C@@H](C)[C@H](OCc3ccccc3)[C@@H](O[C@H]3O[C@H](COCc4ccccc4)[C@@H](OCc4ccccc4)[C@H](OCc4ccccc4)[C@H]3OCc3ccccc3)[C@H]2O)[C@H]1OCc1ccccc1. The highest BCUT2D eigenvalue weighted by atomic mass is 16.8. The van der Waals surface area contributed by atoms with Crippen LogP contribution in [0.4, 0.5) is 0 Å². The number of aliphatic hydroxyl groups excluding tert-OH is 2. The van der Waals surface area contributed by atoms with E-state index in [4.69, 9.17) is 56.8 Å². The summed E-state index contributed by atoms with van der Waals surface area (Å²) in [5, 5.41) is 24.8. The highest BCUT2D eigenvalue weighted by Crippen LogP contribution is 2.38. The van der Waals surface area contributed by atoms with Gasteiger partial charge in [0.2, 0.25) is 0 Å². The van der Waals surface area contributed by atoms with Gasteiger partial charge >= 0.3 is 0 Å². The first-order valence-corrected chi connectivity index (χ1v) is 28.0. The summed E-state index contributed by atoms with van der Waals surface area (Å²) in [4.78, 5) is 0. The first-order valence-electron chi connectivity index (χ1n) is 28.0. The molecular formula is C67H74O14.